The van der Waals surface area contributed by atoms with E-state index in [1.54, 1.807) is 0 Å². The third-order valence-corrected chi connectivity index (χ3v) is 2.36. The molecule has 0 fully saturated rings. The molecule has 112 valence electrons. The van der Waals surface area contributed by atoms with Gasteiger partial charge in [0.15, 0.2) is 0 Å². The fourth-order valence-corrected chi connectivity index (χ4v) is 1.34. The molecule has 0 aliphatic heterocycles. The maximum absolute atomic E-state index is 9.52. The van der Waals surface area contributed by atoms with Gasteiger partial charge in [-0.2, -0.15) is 6.42 Å². The van der Waals surface area contributed by atoms with Gasteiger partial charge in [-0.25, -0.2) is 0 Å². The van der Waals surface area contributed by atoms with Crippen LogP contribution in [0.3, 0.4) is 0 Å². The Labute approximate surface area is 127 Å². The average molecular weight is 327 g/mol. The molecule has 0 aromatic rings. The normalized spacial score (nSPS) is 8.74. The van der Waals surface area contributed by atoms with Crippen molar-refractivity contribution < 1.29 is 36.8 Å². The van der Waals surface area contributed by atoms with Gasteiger partial charge >= 0.3 is 27.8 Å². The van der Waals surface area contributed by atoms with Gasteiger partial charge in [0.05, 0.1) is 6.54 Å². The van der Waals surface area contributed by atoms with Gasteiger partial charge in [0.25, 0.3) is 0 Å². The van der Waals surface area contributed by atoms with Crippen molar-refractivity contribution >= 4 is 5.97 Å². The molecule has 0 amide bonds. The Balaban J connectivity index is -0.000000271. The molecule has 19 heavy (non-hydrogen) atoms. The van der Waals surface area contributed by atoms with Gasteiger partial charge in [-0.05, 0) is 0 Å². The second-order valence-electron chi connectivity index (χ2n) is 3.99. The number of nitrogens with two attached hydrogens (primary N) is 1. The number of rotatable bonds is 9. The average Bonchev–Trinajstić information content (AvgIpc) is 2.48. The molecular weight excluding hydrogens is 300 g/mol. The Morgan fingerprint density at radius 3 is 1.79 bits per heavy atom. The van der Waals surface area contributed by atoms with E-state index in [0.29, 0.717) is 0 Å². The van der Waals surface area contributed by atoms with Gasteiger partial charge < -0.3 is 22.8 Å². The minimum atomic E-state index is -0.935. The first-order valence-corrected chi connectivity index (χ1v) is 8.04. The van der Waals surface area contributed by atoms with E-state index in [-0.39, 0.29) is 24.8 Å². The van der Waals surface area contributed by atoms with Crippen molar-refractivity contribution in [2.75, 3.05) is 6.54 Å². The summed E-state index contributed by atoms with van der Waals surface area (Å²) in [5, 5.41) is 8.93. The summed E-state index contributed by atoms with van der Waals surface area (Å²) in [6, 6.07) is 0. The topological polar surface area (TPSA) is 92.5 Å². The van der Waals surface area contributed by atoms with Gasteiger partial charge in [0.1, 0.15) is 0 Å². The summed E-state index contributed by atoms with van der Waals surface area (Å²) in [6.45, 7) is 5.76. The standard InChI is InChI=1S/C11H23.C2H5NO3.O.Zn/c1-3-5-7-9-11-10-8-6-4-2;3-1-2(4)6-5;;/h1,3-11H2,2H3;5H,1,3H2;;/q-1;;;/p-1. The summed E-state index contributed by atoms with van der Waals surface area (Å²) < 4.78 is 8.38. The first-order valence-electron chi connectivity index (χ1n) is 6.83. The third kappa shape index (κ3) is 31.9. The zero-order valence-electron chi connectivity index (χ0n) is 12.2. The first kappa shape index (κ1) is 23.9. The van der Waals surface area contributed by atoms with Gasteiger partial charge in [0, 0.05) is 0 Å². The zero-order valence-corrected chi connectivity index (χ0v) is 15.2. The van der Waals surface area contributed by atoms with Crippen LogP contribution in [0.5, 0.6) is 0 Å². The van der Waals surface area contributed by atoms with Crippen LogP contribution in [-0.2, 0) is 31.5 Å². The first-order chi connectivity index (χ1) is 9.22. The fraction of sp³-hybridized carbons (Fsp3) is 0.846. The molecule has 0 radical (unpaired) electrons. The molecule has 0 heterocycles. The summed E-state index contributed by atoms with van der Waals surface area (Å²) >= 11 is 0.125. The predicted molar refractivity (Wildman–Crippen MR) is 68.4 cm³/mol. The summed E-state index contributed by atoms with van der Waals surface area (Å²) in [5.41, 5.74) is 4.61. The molecule has 6 heteroatoms. The van der Waals surface area contributed by atoms with Crippen LogP contribution in [0.2, 0.25) is 0 Å². The summed E-state index contributed by atoms with van der Waals surface area (Å²) in [7, 11) is 0. The van der Waals surface area contributed by atoms with Gasteiger partial charge in [-0.3, -0.25) is 4.79 Å². The van der Waals surface area contributed by atoms with Gasteiger partial charge in [-0.1, -0.05) is 58.3 Å². The molecule has 0 bridgehead atoms. The van der Waals surface area contributed by atoms with E-state index in [4.69, 9.17) is 8.83 Å². The molecule has 0 saturated carbocycles. The molecule has 0 unspecified atom stereocenters. The van der Waals surface area contributed by atoms with Crippen LogP contribution < -0.4 is 11.0 Å². The van der Waals surface area contributed by atoms with Crippen molar-refractivity contribution in [1.29, 1.82) is 0 Å². The predicted octanol–water partition coefficient (Wildman–Crippen LogP) is 1.99. The minimum absolute atomic E-state index is 0.125. The summed E-state index contributed by atoms with van der Waals surface area (Å²) in [6.07, 6.45) is 12.4. The molecule has 0 aromatic heterocycles. The Morgan fingerprint density at radius 1 is 1.11 bits per heavy atom. The van der Waals surface area contributed by atoms with Gasteiger partial charge in [-0.15, -0.1) is 0 Å². The molecule has 0 saturated heterocycles. The Bertz CT molecular complexity index is 157. The molecule has 2 N–H and O–H groups in total. The van der Waals surface area contributed by atoms with E-state index >= 15 is 0 Å². The fourth-order valence-electron chi connectivity index (χ4n) is 1.34. The van der Waals surface area contributed by atoms with Crippen LogP contribution in [0, 0.1) is 6.92 Å². The van der Waals surface area contributed by atoms with Crippen LogP contribution in [-0.4, -0.2) is 12.5 Å². The molecule has 0 atom stereocenters. The van der Waals surface area contributed by atoms with Crippen LogP contribution in [0.15, 0.2) is 0 Å². The number of carbonyl (C=O) groups excluding carboxylic acids is 1. The number of unbranched alkanes of at least 4 members (excludes halogenated alkanes) is 8. The maximum atomic E-state index is 9.52. The zero-order chi connectivity index (χ0) is 15.4. The van der Waals surface area contributed by atoms with Crippen molar-refractivity contribution in [3.05, 3.63) is 6.92 Å². The van der Waals surface area contributed by atoms with Crippen molar-refractivity contribution in [2.24, 2.45) is 5.73 Å². The Hall–Kier alpha value is -0.187. The van der Waals surface area contributed by atoms with Crippen LogP contribution in [0.4, 0.5) is 0 Å². The van der Waals surface area contributed by atoms with Gasteiger partial charge in [0.2, 0.25) is 0 Å². The van der Waals surface area contributed by atoms with Crippen LogP contribution >= 0.6 is 0 Å². The van der Waals surface area contributed by atoms with Crippen molar-refractivity contribution in [3.63, 3.8) is 0 Å². The molecule has 0 aromatic carbocycles. The summed E-state index contributed by atoms with van der Waals surface area (Å²) in [5.74, 6) is -0.935. The molecule has 0 spiro atoms. The Kier molecular flexibility index (Phi) is 33.2. The SMILES string of the molecule is NCC(=O)O[O-].[CH2-]CCCCCCCCCC.[O]=[Zn]. The molecular formula is C13H27NO4Zn-2. The molecule has 0 aliphatic rings. The van der Waals surface area contributed by atoms with E-state index in [2.05, 4.69) is 24.5 Å². The molecule has 5 nitrogen and oxygen atoms in total. The van der Waals surface area contributed by atoms with E-state index in [9.17, 15) is 4.79 Å². The number of carbonyl (C=O) groups is 1. The third-order valence-electron chi connectivity index (χ3n) is 2.36. The molecule has 0 rings (SSSR count). The number of hydrogen-bond donors (Lipinski definition) is 1. The quantitative estimate of drug-likeness (QED) is 0.230. The van der Waals surface area contributed by atoms with Crippen molar-refractivity contribution in [1.82, 2.24) is 0 Å². The Morgan fingerprint density at radius 2 is 1.53 bits per heavy atom. The van der Waals surface area contributed by atoms with E-state index in [1.165, 1.54) is 51.4 Å². The van der Waals surface area contributed by atoms with Crippen molar-refractivity contribution in [3.8, 4) is 0 Å². The van der Waals surface area contributed by atoms with Crippen LogP contribution in [0.25, 0.3) is 0 Å². The molecule has 0 aliphatic carbocycles. The van der Waals surface area contributed by atoms with Crippen LogP contribution in [0.1, 0.15) is 64.7 Å². The second kappa shape index (κ2) is 26.4. The second-order valence-corrected chi connectivity index (χ2v) is 3.99. The number of hydrogen-bond acceptors (Lipinski definition) is 5. The van der Waals surface area contributed by atoms with E-state index < -0.39 is 5.97 Å². The van der Waals surface area contributed by atoms with E-state index in [1.807, 2.05) is 0 Å². The van der Waals surface area contributed by atoms with Crippen molar-refractivity contribution in [2.45, 2.75) is 64.7 Å². The van der Waals surface area contributed by atoms with E-state index in [0.717, 1.165) is 6.42 Å². The summed E-state index contributed by atoms with van der Waals surface area (Å²) in [4.78, 5) is 12.4. The monoisotopic (exact) mass is 325 g/mol.